The SMILES string of the molecule is CNC(C1CCOC2(CCCCC2)C1)C(C)C1CC1. The highest BCUT2D eigenvalue weighted by molar-refractivity contribution is 4.96. The lowest BCUT2D eigenvalue weighted by atomic mass is 9.71. The highest BCUT2D eigenvalue weighted by Gasteiger charge is 2.43. The third kappa shape index (κ3) is 3.00. The van der Waals surface area contributed by atoms with Crippen molar-refractivity contribution in [3.63, 3.8) is 0 Å². The van der Waals surface area contributed by atoms with E-state index in [0.29, 0.717) is 0 Å². The van der Waals surface area contributed by atoms with Gasteiger partial charge in [-0.2, -0.15) is 0 Å². The van der Waals surface area contributed by atoms with Crippen LogP contribution in [0.2, 0.25) is 0 Å². The summed E-state index contributed by atoms with van der Waals surface area (Å²) in [6.45, 7) is 3.47. The van der Waals surface area contributed by atoms with Crippen LogP contribution in [-0.4, -0.2) is 25.3 Å². The Labute approximate surface area is 118 Å². The van der Waals surface area contributed by atoms with E-state index in [4.69, 9.17) is 4.74 Å². The molecule has 3 rings (SSSR count). The summed E-state index contributed by atoms with van der Waals surface area (Å²) in [4.78, 5) is 0. The standard InChI is InChI=1S/C17H31NO/c1-13(14-6-7-14)16(18-2)15-8-11-19-17(12-15)9-4-3-5-10-17/h13-16,18H,3-12H2,1-2H3. The molecule has 3 aliphatic rings. The Morgan fingerprint density at radius 3 is 2.42 bits per heavy atom. The highest BCUT2D eigenvalue weighted by atomic mass is 16.5. The van der Waals surface area contributed by atoms with E-state index in [1.165, 1.54) is 57.8 Å². The predicted octanol–water partition coefficient (Wildman–Crippen LogP) is 3.75. The van der Waals surface area contributed by atoms with Crippen LogP contribution in [0.4, 0.5) is 0 Å². The summed E-state index contributed by atoms with van der Waals surface area (Å²) in [7, 11) is 2.17. The molecule has 0 radical (unpaired) electrons. The molecule has 1 aliphatic heterocycles. The molecule has 110 valence electrons. The van der Waals surface area contributed by atoms with Gasteiger partial charge in [0.1, 0.15) is 0 Å². The molecular weight excluding hydrogens is 234 g/mol. The lowest BCUT2D eigenvalue weighted by molar-refractivity contribution is -0.124. The van der Waals surface area contributed by atoms with Gasteiger partial charge in [-0.1, -0.05) is 26.2 Å². The molecule has 1 N–H and O–H groups in total. The molecule has 3 unspecified atom stereocenters. The Hall–Kier alpha value is -0.0800. The maximum Gasteiger partial charge on any atom is 0.0685 e. The summed E-state index contributed by atoms with van der Waals surface area (Å²) in [5.41, 5.74) is 0.263. The smallest absolute Gasteiger partial charge is 0.0685 e. The third-order valence-corrected chi connectivity index (χ3v) is 6.07. The van der Waals surface area contributed by atoms with Crippen molar-refractivity contribution in [1.82, 2.24) is 5.32 Å². The molecule has 2 saturated carbocycles. The van der Waals surface area contributed by atoms with E-state index in [0.717, 1.165) is 30.4 Å². The summed E-state index contributed by atoms with van der Waals surface area (Å²) in [5.74, 6) is 2.70. The second-order valence-electron chi connectivity index (χ2n) is 7.36. The van der Waals surface area contributed by atoms with Crippen LogP contribution in [0.25, 0.3) is 0 Å². The number of nitrogens with one attached hydrogen (secondary N) is 1. The first-order valence-electron chi connectivity index (χ1n) is 8.55. The largest absolute Gasteiger partial charge is 0.375 e. The van der Waals surface area contributed by atoms with Gasteiger partial charge in [0.15, 0.2) is 0 Å². The van der Waals surface area contributed by atoms with E-state index in [-0.39, 0.29) is 5.60 Å². The molecule has 3 fully saturated rings. The van der Waals surface area contributed by atoms with Gasteiger partial charge in [0.05, 0.1) is 5.60 Å². The van der Waals surface area contributed by atoms with Crippen LogP contribution in [0, 0.1) is 17.8 Å². The van der Waals surface area contributed by atoms with Gasteiger partial charge in [-0.05, 0) is 63.3 Å². The van der Waals surface area contributed by atoms with Gasteiger partial charge in [0, 0.05) is 12.6 Å². The first-order valence-corrected chi connectivity index (χ1v) is 8.55. The van der Waals surface area contributed by atoms with E-state index in [9.17, 15) is 0 Å². The van der Waals surface area contributed by atoms with E-state index < -0.39 is 0 Å². The van der Waals surface area contributed by atoms with Crippen LogP contribution < -0.4 is 5.32 Å². The van der Waals surface area contributed by atoms with Crippen LogP contribution in [0.3, 0.4) is 0 Å². The third-order valence-electron chi connectivity index (χ3n) is 6.07. The van der Waals surface area contributed by atoms with Crippen LogP contribution in [0.15, 0.2) is 0 Å². The average molecular weight is 265 g/mol. The monoisotopic (exact) mass is 265 g/mol. The van der Waals surface area contributed by atoms with E-state index >= 15 is 0 Å². The van der Waals surface area contributed by atoms with Crippen molar-refractivity contribution in [2.24, 2.45) is 17.8 Å². The van der Waals surface area contributed by atoms with Gasteiger partial charge in [-0.3, -0.25) is 0 Å². The topological polar surface area (TPSA) is 21.3 Å². The number of hydrogen-bond donors (Lipinski definition) is 1. The van der Waals surface area contributed by atoms with Gasteiger partial charge in [-0.15, -0.1) is 0 Å². The van der Waals surface area contributed by atoms with Gasteiger partial charge < -0.3 is 10.1 Å². The Kier molecular flexibility index (Phi) is 4.19. The summed E-state index contributed by atoms with van der Waals surface area (Å²) in [6, 6.07) is 0.718. The molecule has 0 aromatic rings. The Morgan fingerprint density at radius 1 is 1.05 bits per heavy atom. The lowest BCUT2D eigenvalue weighted by Crippen LogP contribution is -2.49. The maximum atomic E-state index is 6.26. The zero-order valence-electron chi connectivity index (χ0n) is 12.8. The molecule has 19 heavy (non-hydrogen) atoms. The van der Waals surface area contributed by atoms with Crippen molar-refractivity contribution in [3.05, 3.63) is 0 Å². The van der Waals surface area contributed by atoms with Crippen molar-refractivity contribution in [3.8, 4) is 0 Å². The fourth-order valence-electron chi connectivity index (χ4n) is 4.76. The second kappa shape index (κ2) is 5.73. The van der Waals surface area contributed by atoms with Crippen molar-refractivity contribution in [2.45, 2.75) is 76.4 Å². The normalized spacial score (nSPS) is 34.1. The minimum absolute atomic E-state index is 0.263. The molecule has 1 saturated heterocycles. The highest BCUT2D eigenvalue weighted by Crippen LogP contribution is 2.45. The molecule has 2 heteroatoms. The molecule has 0 aromatic carbocycles. The van der Waals surface area contributed by atoms with Crippen molar-refractivity contribution in [1.29, 1.82) is 0 Å². The van der Waals surface area contributed by atoms with Gasteiger partial charge in [-0.25, -0.2) is 0 Å². The summed E-state index contributed by atoms with van der Waals surface area (Å²) >= 11 is 0. The summed E-state index contributed by atoms with van der Waals surface area (Å²) in [6.07, 6.45) is 12.3. The fraction of sp³-hybridized carbons (Fsp3) is 1.00. The minimum atomic E-state index is 0.263. The Morgan fingerprint density at radius 2 is 1.79 bits per heavy atom. The number of ether oxygens (including phenoxy) is 1. The zero-order valence-corrected chi connectivity index (χ0v) is 12.8. The molecule has 0 bridgehead atoms. The van der Waals surface area contributed by atoms with Crippen LogP contribution in [-0.2, 0) is 4.74 Å². The van der Waals surface area contributed by atoms with Crippen molar-refractivity contribution >= 4 is 0 Å². The van der Waals surface area contributed by atoms with E-state index in [1.807, 2.05) is 0 Å². The molecule has 1 spiro atoms. The molecule has 0 amide bonds. The molecule has 2 aliphatic carbocycles. The number of rotatable bonds is 4. The van der Waals surface area contributed by atoms with Crippen molar-refractivity contribution in [2.75, 3.05) is 13.7 Å². The zero-order chi connectivity index (χ0) is 13.3. The van der Waals surface area contributed by atoms with Gasteiger partial charge in [0.2, 0.25) is 0 Å². The van der Waals surface area contributed by atoms with Crippen LogP contribution in [0.1, 0.15) is 64.7 Å². The van der Waals surface area contributed by atoms with Crippen LogP contribution >= 0.6 is 0 Å². The number of hydrogen-bond acceptors (Lipinski definition) is 2. The summed E-state index contributed by atoms with van der Waals surface area (Å²) < 4.78 is 6.26. The molecule has 1 heterocycles. The maximum absolute atomic E-state index is 6.26. The van der Waals surface area contributed by atoms with Gasteiger partial charge >= 0.3 is 0 Å². The second-order valence-corrected chi connectivity index (χ2v) is 7.36. The molecule has 0 aromatic heterocycles. The predicted molar refractivity (Wildman–Crippen MR) is 79.2 cm³/mol. The average Bonchev–Trinajstić information content (AvgIpc) is 3.25. The summed E-state index contributed by atoms with van der Waals surface area (Å²) in [5, 5.41) is 3.66. The Bertz CT molecular complexity index is 288. The quantitative estimate of drug-likeness (QED) is 0.836. The Balaban J connectivity index is 1.65. The van der Waals surface area contributed by atoms with Crippen molar-refractivity contribution < 1.29 is 4.74 Å². The van der Waals surface area contributed by atoms with Crippen LogP contribution in [0.5, 0.6) is 0 Å². The molecule has 2 nitrogen and oxygen atoms in total. The minimum Gasteiger partial charge on any atom is -0.375 e. The first kappa shape index (κ1) is 13.9. The van der Waals surface area contributed by atoms with Gasteiger partial charge in [0.25, 0.3) is 0 Å². The van der Waals surface area contributed by atoms with E-state index in [1.54, 1.807) is 0 Å². The first-order chi connectivity index (χ1) is 9.24. The van der Waals surface area contributed by atoms with E-state index in [2.05, 4.69) is 19.3 Å². The fourth-order valence-corrected chi connectivity index (χ4v) is 4.76. The molecule has 3 atom stereocenters. The lowest BCUT2D eigenvalue weighted by Gasteiger charge is -2.46. The molecular formula is C17H31NO.